The Morgan fingerprint density at radius 2 is 2.35 bits per heavy atom. The first-order valence-electron chi connectivity index (χ1n) is 5.49. The summed E-state index contributed by atoms with van der Waals surface area (Å²) < 4.78 is 2.10. The van der Waals surface area contributed by atoms with Gasteiger partial charge in [0.25, 0.3) is 0 Å². The van der Waals surface area contributed by atoms with E-state index in [4.69, 9.17) is 0 Å². The van der Waals surface area contributed by atoms with Gasteiger partial charge in [-0.1, -0.05) is 6.08 Å². The van der Waals surface area contributed by atoms with Crippen molar-refractivity contribution in [2.75, 3.05) is 11.9 Å². The molecular formula is C12H16N4S. The van der Waals surface area contributed by atoms with E-state index in [1.165, 1.54) is 4.88 Å². The van der Waals surface area contributed by atoms with Gasteiger partial charge in [-0.2, -0.15) is 0 Å². The Balaban J connectivity index is 2.16. The van der Waals surface area contributed by atoms with Crippen LogP contribution in [-0.2, 0) is 6.54 Å². The summed E-state index contributed by atoms with van der Waals surface area (Å²) in [5.74, 6) is 0.883. The molecule has 2 heterocycles. The van der Waals surface area contributed by atoms with Gasteiger partial charge in [-0.05, 0) is 13.8 Å². The third-order valence-electron chi connectivity index (χ3n) is 2.30. The Morgan fingerprint density at radius 3 is 3.00 bits per heavy atom. The van der Waals surface area contributed by atoms with Gasteiger partial charge < -0.3 is 9.88 Å². The van der Waals surface area contributed by atoms with Crippen LogP contribution in [0.2, 0.25) is 0 Å². The average Bonchev–Trinajstić information content (AvgIpc) is 2.83. The van der Waals surface area contributed by atoms with Gasteiger partial charge in [-0.3, -0.25) is 0 Å². The molecule has 4 nitrogen and oxygen atoms in total. The number of nitrogens with zero attached hydrogens (tertiary/aromatic N) is 3. The van der Waals surface area contributed by atoms with E-state index in [1.54, 1.807) is 11.3 Å². The maximum Gasteiger partial charge on any atom is 0.203 e. The molecule has 2 aromatic rings. The number of hydrogen-bond acceptors (Lipinski definition) is 4. The molecule has 0 saturated heterocycles. The first kappa shape index (κ1) is 11.9. The topological polar surface area (TPSA) is 42.7 Å². The van der Waals surface area contributed by atoms with Crippen LogP contribution in [0.15, 0.2) is 25.0 Å². The molecule has 0 aliphatic carbocycles. The lowest BCUT2D eigenvalue weighted by Gasteiger charge is -2.06. The van der Waals surface area contributed by atoms with Crippen LogP contribution in [0, 0.1) is 13.8 Å². The second-order valence-electron chi connectivity index (χ2n) is 3.85. The highest BCUT2D eigenvalue weighted by atomic mass is 32.1. The highest BCUT2D eigenvalue weighted by Gasteiger charge is 2.06. The van der Waals surface area contributed by atoms with Crippen LogP contribution in [0.3, 0.4) is 0 Å². The third-order valence-corrected chi connectivity index (χ3v) is 3.19. The molecule has 0 bridgehead atoms. The van der Waals surface area contributed by atoms with E-state index in [2.05, 4.69) is 26.4 Å². The minimum atomic E-state index is 0.720. The molecule has 0 saturated carbocycles. The standard InChI is InChI=1S/C12H16N4S/c1-4-5-13-12-15-9(2)7-16(12)8-11-6-14-10(3)17-11/h4,6-7H,1,5,8H2,2-3H3,(H,13,15). The van der Waals surface area contributed by atoms with Crippen LogP contribution in [-0.4, -0.2) is 21.1 Å². The van der Waals surface area contributed by atoms with Crippen molar-refractivity contribution >= 4 is 17.3 Å². The Morgan fingerprint density at radius 1 is 1.53 bits per heavy atom. The van der Waals surface area contributed by atoms with E-state index >= 15 is 0 Å². The van der Waals surface area contributed by atoms with Crippen LogP contribution in [0.5, 0.6) is 0 Å². The molecule has 0 fully saturated rings. The molecule has 1 N–H and O–H groups in total. The van der Waals surface area contributed by atoms with E-state index < -0.39 is 0 Å². The molecule has 2 aromatic heterocycles. The van der Waals surface area contributed by atoms with Crippen molar-refractivity contribution in [2.45, 2.75) is 20.4 Å². The van der Waals surface area contributed by atoms with Crippen molar-refractivity contribution in [1.82, 2.24) is 14.5 Å². The van der Waals surface area contributed by atoms with Gasteiger partial charge in [0.05, 0.1) is 17.2 Å². The summed E-state index contributed by atoms with van der Waals surface area (Å²) in [4.78, 5) is 9.94. The molecule has 2 rings (SSSR count). The average molecular weight is 248 g/mol. The lowest BCUT2D eigenvalue weighted by atomic mass is 10.5. The highest BCUT2D eigenvalue weighted by molar-refractivity contribution is 7.11. The lowest BCUT2D eigenvalue weighted by Crippen LogP contribution is -2.07. The molecule has 5 heteroatoms. The summed E-state index contributed by atoms with van der Waals surface area (Å²) >= 11 is 1.72. The number of imidazole rings is 1. The smallest absolute Gasteiger partial charge is 0.203 e. The number of nitrogens with one attached hydrogen (secondary N) is 1. The number of thiazole rings is 1. The zero-order valence-corrected chi connectivity index (χ0v) is 10.9. The molecule has 0 aliphatic heterocycles. The van der Waals surface area contributed by atoms with Gasteiger partial charge in [-0.15, -0.1) is 17.9 Å². The van der Waals surface area contributed by atoms with Gasteiger partial charge in [-0.25, -0.2) is 9.97 Å². The fourth-order valence-electron chi connectivity index (χ4n) is 1.62. The van der Waals surface area contributed by atoms with Crippen molar-refractivity contribution in [3.05, 3.63) is 40.6 Å². The van der Waals surface area contributed by atoms with Gasteiger partial charge >= 0.3 is 0 Å². The molecule has 90 valence electrons. The quantitative estimate of drug-likeness (QED) is 0.827. The van der Waals surface area contributed by atoms with Crippen LogP contribution >= 0.6 is 11.3 Å². The minimum absolute atomic E-state index is 0.720. The van der Waals surface area contributed by atoms with Crippen molar-refractivity contribution in [3.63, 3.8) is 0 Å². The monoisotopic (exact) mass is 248 g/mol. The molecule has 0 atom stereocenters. The van der Waals surface area contributed by atoms with Gasteiger partial charge in [0.15, 0.2) is 0 Å². The molecule has 0 amide bonds. The minimum Gasteiger partial charge on any atom is -0.352 e. The number of anilines is 1. The second-order valence-corrected chi connectivity index (χ2v) is 5.17. The Kier molecular flexibility index (Phi) is 3.58. The summed E-state index contributed by atoms with van der Waals surface area (Å²) in [5, 5.41) is 4.32. The summed E-state index contributed by atoms with van der Waals surface area (Å²) in [6.07, 6.45) is 5.79. The Bertz CT molecular complexity index is 512. The Labute approximate surface area is 105 Å². The highest BCUT2D eigenvalue weighted by Crippen LogP contribution is 2.16. The van der Waals surface area contributed by atoms with Crippen molar-refractivity contribution in [3.8, 4) is 0 Å². The van der Waals surface area contributed by atoms with E-state index in [9.17, 15) is 0 Å². The summed E-state index contributed by atoms with van der Waals surface area (Å²) in [5.41, 5.74) is 1.01. The Hall–Kier alpha value is -1.62. The predicted octanol–water partition coefficient (Wildman–Crippen LogP) is 2.60. The van der Waals surface area contributed by atoms with Gasteiger partial charge in [0, 0.05) is 23.8 Å². The van der Waals surface area contributed by atoms with E-state index in [-0.39, 0.29) is 0 Å². The summed E-state index contributed by atoms with van der Waals surface area (Å²) in [6, 6.07) is 0. The predicted molar refractivity (Wildman–Crippen MR) is 71.6 cm³/mol. The summed E-state index contributed by atoms with van der Waals surface area (Å²) in [7, 11) is 0. The maximum atomic E-state index is 4.44. The number of aromatic nitrogens is 3. The fourth-order valence-corrected chi connectivity index (χ4v) is 2.41. The van der Waals surface area contributed by atoms with Crippen LogP contribution < -0.4 is 5.32 Å². The van der Waals surface area contributed by atoms with Crippen molar-refractivity contribution < 1.29 is 0 Å². The zero-order chi connectivity index (χ0) is 12.3. The maximum absolute atomic E-state index is 4.44. The van der Waals surface area contributed by atoms with Crippen LogP contribution in [0.25, 0.3) is 0 Å². The fraction of sp³-hybridized carbons (Fsp3) is 0.333. The van der Waals surface area contributed by atoms with Gasteiger partial charge in [0.1, 0.15) is 0 Å². The van der Waals surface area contributed by atoms with Crippen LogP contribution in [0.1, 0.15) is 15.6 Å². The number of rotatable bonds is 5. The third kappa shape index (κ3) is 2.94. The van der Waals surface area contributed by atoms with Crippen molar-refractivity contribution in [1.29, 1.82) is 0 Å². The SMILES string of the molecule is C=CCNc1nc(C)cn1Cc1cnc(C)s1. The van der Waals surface area contributed by atoms with Crippen molar-refractivity contribution in [2.24, 2.45) is 0 Å². The largest absolute Gasteiger partial charge is 0.352 e. The van der Waals surface area contributed by atoms with E-state index in [0.29, 0.717) is 0 Å². The van der Waals surface area contributed by atoms with Crippen LogP contribution in [0.4, 0.5) is 5.95 Å². The summed E-state index contributed by atoms with van der Waals surface area (Å²) in [6.45, 7) is 9.24. The first-order valence-corrected chi connectivity index (χ1v) is 6.30. The molecule has 0 spiro atoms. The lowest BCUT2D eigenvalue weighted by molar-refractivity contribution is 0.812. The molecular weight excluding hydrogens is 232 g/mol. The molecule has 0 aromatic carbocycles. The number of hydrogen-bond donors (Lipinski definition) is 1. The normalized spacial score (nSPS) is 10.5. The van der Waals surface area contributed by atoms with E-state index in [1.807, 2.05) is 32.3 Å². The van der Waals surface area contributed by atoms with Gasteiger partial charge in [0.2, 0.25) is 5.95 Å². The second kappa shape index (κ2) is 5.14. The van der Waals surface area contributed by atoms with E-state index in [0.717, 1.165) is 29.7 Å². The molecule has 17 heavy (non-hydrogen) atoms. The first-order chi connectivity index (χ1) is 8.19. The molecule has 0 radical (unpaired) electrons. The molecule has 0 unspecified atom stereocenters. The number of aryl methyl sites for hydroxylation is 2. The molecule has 0 aliphatic rings. The zero-order valence-electron chi connectivity index (χ0n) is 10.1.